The number of rotatable bonds is 4. The molecule has 0 unspecified atom stereocenters. The molecule has 3 aromatic rings. The molecule has 1 aromatic heterocycles. The lowest BCUT2D eigenvalue weighted by atomic mass is 9.93. The number of anilines is 1. The Morgan fingerprint density at radius 2 is 1.70 bits per heavy atom. The van der Waals surface area contributed by atoms with Crippen molar-refractivity contribution in [3.05, 3.63) is 70.8 Å². The third kappa shape index (κ3) is 4.01. The number of aryl methyl sites for hydroxylation is 2. The van der Waals surface area contributed by atoms with Crippen LogP contribution in [-0.4, -0.2) is 4.98 Å². The van der Waals surface area contributed by atoms with Crippen LogP contribution in [0.4, 0.5) is 5.82 Å². The molecule has 2 N–H and O–H groups in total. The standard InChI is InChI=1S/C24H25N3/c1-15(2)11-18-7-9-19(10-8-18)23-13-21(22(14-25)24(26)27-23)20-12-16(3)5-6-17(20)4/h5-10,12-13,15H,11H2,1-4H3,(H2,26,27). The minimum Gasteiger partial charge on any atom is -0.383 e. The quantitative estimate of drug-likeness (QED) is 0.654. The number of hydrogen-bond acceptors (Lipinski definition) is 3. The fraction of sp³-hybridized carbons (Fsp3) is 0.250. The number of nitrogens with two attached hydrogens (primary N) is 1. The first kappa shape index (κ1) is 18.7. The Labute approximate surface area is 161 Å². The summed E-state index contributed by atoms with van der Waals surface area (Å²) in [4.78, 5) is 4.50. The number of nitrogens with zero attached hydrogens (tertiary/aromatic N) is 2. The van der Waals surface area contributed by atoms with Crippen LogP contribution in [0.2, 0.25) is 0 Å². The average molecular weight is 355 g/mol. The summed E-state index contributed by atoms with van der Waals surface area (Å²) < 4.78 is 0. The minimum absolute atomic E-state index is 0.275. The van der Waals surface area contributed by atoms with Crippen molar-refractivity contribution >= 4 is 5.82 Å². The molecular weight excluding hydrogens is 330 g/mol. The van der Waals surface area contributed by atoms with E-state index in [-0.39, 0.29) is 5.82 Å². The molecule has 0 aliphatic carbocycles. The molecule has 0 aliphatic heterocycles. The largest absolute Gasteiger partial charge is 0.383 e. The van der Waals surface area contributed by atoms with Crippen LogP contribution < -0.4 is 5.73 Å². The summed E-state index contributed by atoms with van der Waals surface area (Å²) in [5.74, 6) is 0.896. The lowest BCUT2D eigenvalue weighted by molar-refractivity contribution is 0.647. The number of aromatic nitrogens is 1. The van der Waals surface area contributed by atoms with Gasteiger partial charge in [-0.05, 0) is 48.9 Å². The van der Waals surface area contributed by atoms with Crippen LogP contribution in [-0.2, 0) is 6.42 Å². The molecule has 0 saturated carbocycles. The average Bonchev–Trinajstić information content (AvgIpc) is 2.63. The monoisotopic (exact) mass is 355 g/mol. The van der Waals surface area contributed by atoms with Gasteiger partial charge in [-0.1, -0.05) is 61.9 Å². The zero-order valence-corrected chi connectivity index (χ0v) is 16.4. The molecule has 27 heavy (non-hydrogen) atoms. The first-order valence-electron chi connectivity index (χ1n) is 9.26. The van der Waals surface area contributed by atoms with Crippen LogP contribution in [0.15, 0.2) is 48.5 Å². The van der Waals surface area contributed by atoms with Crippen molar-refractivity contribution in [2.24, 2.45) is 5.92 Å². The van der Waals surface area contributed by atoms with E-state index in [1.807, 2.05) is 19.9 Å². The van der Waals surface area contributed by atoms with Crippen LogP contribution in [0, 0.1) is 31.1 Å². The number of hydrogen-bond donors (Lipinski definition) is 1. The van der Waals surface area contributed by atoms with Gasteiger partial charge in [-0.25, -0.2) is 4.98 Å². The number of nitriles is 1. The zero-order valence-electron chi connectivity index (χ0n) is 16.4. The predicted molar refractivity (Wildman–Crippen MR) is 112 cm³/mol. The minimum atomic E-state index is 0.275. The van der Waals surface area contributed by atoms with Gasteiger partial charge >= 0.3 is 0 Å². The van der Waals surface area contributed by atoms with Crippen molar-refractivity contribution < 1.29 is 0 Å². The maximum atomic E-state index is 9.63. The molecule has 0 radical (unpaired) electrons. The molecule has 3 rings (SSSR count). The molecule has 1 heterocycles. The van der Waals surface area contributed by atoms with Crippen LogP contribution in [0.25, 0.3) is 22.4 Å². The normalized spacial score (nSPS) is 10.8. The number of nitrogen functional groups attached to an aromatic ring is 1. The highest BCUT2D eigenvalue weighted by molar-refractivity contribution is 5.81. The molecule has 0 aliphatic rings. The Morgan fingerprint density at radius 1 is 1.00 bits per heavy atom. The first-order chi connectivity index (χ1) is 12.9. The van der Waals surface area contributed by atoms with Crippen molar-refractivity contribution in [2.75, 3.05) is 5.73 Å². The molecule has 3 nitrogen and oxygen atoms in total. The van der Waals surface area contributed by atoms with Crippen molar-refractivity contribution in [2.45, 2.75) is 34.1 Å². The van der Waals surface area contributed by atoms with Crippen LogP contribution in [0.1, 0.15) is 36.1 Å². The molecule has 0 atom stereocenters. The predicted octanol–water partition coefficient (Wildman–Crippen LogP) is 5.68. The van der Waals surface area contributed by atoms with Gasteiger partial charge in [0, 0.05) is 11.1 Å². The Bertz CT molecular complexity index is 1010. The summed E-state index contributed by atoms with van der Waals surface area (Å²) in [6, 6.07) is 18.9. The summed E-state index contributed by atoms with van der Waals surface area (Å²) in [5, 5.41) is 9.63. The second-order valence-corrected chi connectivity index (χ2v) is 7.54. The Balaban J connectivity index is 2.12. The van der Waals surface area contributed by atoms with Crippen molar-refractivity contribution in [1.29, 1.82) is 5.26 Å². The third-order valence-corrected chi connectivity index (χ3v) is 4.74. The van der Waals surface area contributed by atoms with Crippen LogP contribution >= 0.6 is 0 Å². The summed E-state index contributed by atoms with van der Waals surface area (Å²) in [5.41, 5.74) is 13.8. The van der Waals surface area contributed by atoms with E-state index in [1.54, 1.807) is 0 Å². The zero-order chi connectivity index (χ0) is 19.6. The summed E-state index contributed by atoms with van der Waals surface area (Å²) in [7, 11) is 0. The molecular formula is C24H25N3. The number of benzene rings is 2. The van der Waals surface area contributed by atoms with Gasteiger partial charge in [-0.2, -0.15) is 5.26 Å². The molecule has 136 valence electrons. The number of pyridine rings is 1. The molecule has 2 aromatic carbocycles. The topological polar surface area (TPSA) is 62.7 Å². The van der Waals surface area contributed by atoms with Gasteiger partial charge in [0.1, 0.15) is 17.5 Å². The van der Waals surface area contributed by atoms with E-state index >= 15 is 0 Å². The van der Waals surface area contributed by atoms with E-state index in [9.17, 15) is 5.26 Å². The van der Waals surface area contributed by atoms with E-state index in [0.29, 0.717) is 11.5 Å². The van der Waals surface area contributed by atoms with Gasteiger partial charge in [0.25, 0.3) is 0 Å². The Hall–Kier alpha value is -3.12. The van der Waals surface area contributed by atoms with Gasteiger partial charge in [-0.15, -0.1) is 0 Å². The molecule has 0 amide bonds. The van der Waals surface area contributed by atoms with Crippen LogP contribution in [0.3, 0.4) is 0 Å². The van der Waals surface area contributed by atoms with E-state index in [1.165, 1.54) is 5.56 Å². The fourth-order valence-corrected chi connectivity index (χ4v) is 3.35. The maximum absolute atomic E-state index is 9.63. The lowest BCUT2D eigenvalue weighted by Crippen LogP contribution is -2.01. The molecule has 3 heteroatoms. The van der Waals surface area contributed by atoms with Crippen molar-refractivity contribution in [1.82, 2.24) is 4.98 Å². The summed E-state index contributed by atoms with van der Waals surface area (Å²) in [6.45, 7) is 8.53. The van der Waals surface area contributed by atoms with Gasteiger partial charge in [0.05, 0.1) is 5.69 Å². The smallest absolute Gasteiger partial charge is 0.142 e. The van der Waals surface area contributed by atoms with Gasteiger partial charge in [0.2, 0.25) is 0 Å². The highest BCUT2D eigenvalue weighted by atomic mass is 14.8. The molecule has 0 bridgehead atoms. The first-order valence-corrected chi connectivity index (χ1v) is 9.26. The van der Waals surface area contributed by atoms with E-state index < -0.39 is 0 Å². The summed E-state index contributed by atoms with van der Waals surface area (Å²) in [6.07, 6.45) is 1.05. The summed E-state index contributed by atoms with van der Waals surface area (Å²) >= 11 is 0. The Morgan fingerprint density at radius 3 is 2.33 bits per heavy atom. The Kier molecular flexibility index (Phi) is 5.28. The maximum Gasteiger partial charge on any atom is 0.142 e. The van der Waals surface area contributed by atoms with Gasteiger partial charge in [0.15, 0.2) is 0 Å². The lowest BCUT2D eigenvalue weighted by Gasteiger charge is -2.13. The SMILES string of the molecule is Cc1ccc(C)c(-c2cc(-c3ccc(CC(C)C)cc3)nc(N)c2C#N)c1. The fourth-order valence-electron chi connectivity index (χ4n) is 3.35. The van der Waals surface area contributed by atoms with Gasteiger partial charge in [-0.3, -0.25) is 0 Å². The highest BCUT2D eigenvalue weighted by Crippen LogP contribution is 2.33. The van der Waals surface area contributed by atoms with E-state index in [2.05, 4.69) is 67.4 Å². The molecule has 0 spiro atoms. The van der Waals surface area contributed by atoms with Crippen LogP contribution in [0.5, 0.6) is 0 Å². The third-order valence-electron chi connectivity index (χ3n) is 4.74. The van der Waals surface area contributed by atoms with E-state index in [4.69, 9.17) is 5.73 Å². The van der Waals surface area contributed by atoms with Crippen molar-refractivity contribution in [3.63, 3.8) is 0 Å². The second-order valence-electron chi connectivity index (χ2n) is 7.54. The van der Waals surface area contributed by atoms with Gasteiger partial charge < -0.3 is 5.73 Å². The molecule has 0 fully saturated rings. The molecule has 0 saturated heterocycles. The van der Waals surface area contributed by atoms with E-state index in [0.717, 1.165) is 39.9 Å². The second kappa shape index (κ2) is 7.63. The highest BCUT2D eigenvalue weighted by Gasteiger charge is 2.15. The van der Waals surface area contributed by atoms with Crippen molar-refractivity contribution in [3.8, 4) is 28.5 Å².